The molecular weight excluding hydrogens is 286 g/mol. The van der Waals surface area contributed by atoms with Crippen LogP contribution in [-0.2, 0) is 0 Å². The van der Waals surface area contributed by atoms with E-state index in [9.17, 15) is 4.79 Å². The minimum absolute atomic E-state index is 0.156. The lowest BCUT2D eigenvalue weighted by atomic mass is 9.85. The maximum absolute atomic E-state index is 11.8. The SMILES string of the molecule is NC(=O)c1ccc(-c2ccc(N)cc2)c2c1NC1C=CC=CC21. The van der Waals surface area contributed by atoms with Crippen molar-refractivity contribution in [1.29, 1.82) is 0 Å². The van der Waals surface area contributed by atoms with Crippen LogP contribution in [0.2, 0.25) is 0 Å². The minimum Gasteiger partial charge on any atom is -0.399 e. The molecule has 4 heteroatoms. The number of carbonyl (C=O) groups is 1. The van der Waals surface area contributed by atoms with E-state index in [4.69, 9.17) is 11.5 Å². The number of rotatable bonds is 2. The molecular formula is C19H17N3O. The number of anilines is 2. The highest BCUT2D eigenvalue weighted by Gasteiger charge is 2.34. The number of amides is 1. The predicted octanol–water partition coefficient (Wildman–Crippen LogP) is 3.04. The summed E-state index contributed by atoms with van der Waals surface area (Å²) in [5, 5.41) is 3.44. The number of hydrogen-bond acceptors (Lipinski definition) is 3. The molecule has 1 aliphatic carbocycles. The summed E-state index contributed by atoms with van der Waals surface area (Å²) in [4.78, 5) is 11.8. The zero-order valence-corrected chi connectivity index (χ0v) is 12.5. The van der Waals surface area contributed by atoms with Crippen molar-refractivity contribution < 1.29 is 4.79 Å². The second-order valence-electron chi connectivity index (χ2n) is 5.90. The van der Waals surface area contributed by atoms with Crippen molar-refractivity contribution in [3.8, 4) is 11.1 Å². The topological polar surface area (TPSA) is 81.1 Å². The second-order valence-corrected chi connectivity index (χ2v) is 5.90. The Labute approximate surface area is 134 Å². The second kappa shape index (κ2) is 5.02. The van der Waals surface area contributed by atoms with Crippen LogP contribution in [0.25, 0.3) is 11.1 Å². The van der Waals surface area contributed by atoms with E-state index in [-0.39, 0.29) is 12.0 Å². The smallest absolute Gasteiger partial charge is 0.250 e. The van der Waals surface area contributed by atoms with Gasteiger partial charge in [-0.2, -0.15) is 0 Å². The molecule has 5 N–H and O–H groups in total. The van der Waals surface area contributed by atoms with Gasteiger partial charge >= 0.3 is 0 Å². The maximum atomic E-state index is 11.8. The molecule has 4 nitrogen and oxygen atoms in total. The fraction of sp³-hybridized carbons (Fsp3) is 0.105. The van der Waals surface area contributed by atoms with Crippen LogP contribution in [0.3, 0.4) is 0 Å². The van der Waals surface area contributed by atoms with Gasteiger partial charge in [0.05, 0.1) is 17.3 Å². The lowest BCUT2D eigenvalue weighted by Crippen LogP contribution is -2.18. The Morgan fingerprint density at radius 2 is 1.74 bits per heavy atom. The van der Waals surface area contributed by atoms with Crippen LogP contribution >= 0.6 is 0 Å². The zero-order valence-electron chi connectivity index (χ0n) is 12.5. The van der Waals surface area contributed by atoms with Gasteiger partial charge in [-0.15, -0.1) is 0 Å². The number of nitrogen functional groups attached to an aromatic ring is 1. The average Bonchev–Trinajstić information content (AvgIpc) is 2.94. The quantitative estimate of drug-likeness (QED) is 0.746. The third-order valence-corrected chi connectivity index (χ3v) is 4.51. The molecule has 0 spiro atoms. The lowest BCUT2D eigenvalue weighted by Gasteiger charge is -2.17. The van der Waals surface area contributed by atoms with E-state index in [1.54, 1.807) is 6.07 Å². The molecule has 23 heavy (non-hydrogen) atoms. The summed E-state index contributed by atoms with van der Waals surface area (Å²) in [5.41, 5.74) is 16.8. The molecule has 1 heterocycles. The summed E-state index contributed by atoms with van der Waals surface area (Å²) in [5.74, 6) is -0.217. The standard InChI is InChI=1S/C19H17N3O/c20-12-7-5-11(6-8-12)13-9-10-15(19(21)23)18-17(13)14-3-1-2-4-16(14)22-18/h1-10,14,16,22H,20H2,(H2,21,23). The number of allylic oxidation sites excluding steroid dienone is 2. The highest BCUT2D eigenvalue weighted by molar-refractivity contribution is 6.02. The van der Waals surface area contributed by atoms with Gasteiger partial charge in [0.25, 0.3) is 5.91 Å². The fourth-order valence-electron chi connectivity index (χ4n) is 3.43. The molecule has 2 aromatic carbocycles. The summed E-state index contributed by atoms with van der Waals surface area (Å²) in [6.45, 7) is 0. The molecule has 0 aromatic heterocycles. The summed E-state index contributed by atoms with van der Waals surface area (Å²) in [7, 11) is 0. The normalized spacial score (nSPS) is 20.7. The molecule has 4 rings (SSSR count). The van der Waals surface area contributed by atoms with Crippen molar-refractivity contribution >= 4 is 17.3 Å². The van der Waals surface area contributed by atoms with E-state index >= 15 is 0 Å². The Hall–Kier alpha value is -3.01. The molecule has 2 aliphatic rings. The molecule has 2 aromatic rings. The summed E-state index contributed by atoms with van der Waals surface area (Å²) >= 11 is 0. The summed E-state index contributed by atoms with van der Waals surface area (Å²) < 4.78 is 0. The number of fused-ring (bicyclic) bond motifs is 3. The van der Waals surface area contributed by atoms with Crippen LogP contribution in [0.5, 0.6) is 0 Å². The first-order chi connectivity index (χ1) is 11.1. The van der Waals surface area contributed by atoms with E-state index < -0.39 is 5.91 Å². The highest BCUT2D eigenvalue weighted by Crippen LogP contribution is 2.46. The molecule has 114 valence electrons. The molecule has 2 unspecified atom stereocenters. The Morgan fingerprint density at radius 3 is 2.48 bits per heavy atom. The number of hydrogen-bond donors (Lipinski definition) is 3. The van der Waals surface area contributed by atoms with Crippen molar-refractivity contribution in [3.63, 3.8) is 0 Å². The van der Waals surface area contributed by atoms with Gasteiger partial charge < -0.3 is 16.8 Å². The van der Waals surface area contributed by atoms with Crippen LogP contribution < -0.4 is 16.8 Å². The monoisotopic (exact) mass is 303 g/mol. The van der Waals surface area contributed by atoms with Crippen molar-refractivity contribution in [2.24, 2.45) is 5.73 Å². The van der Waals surface area contributed by atoms with Crippen LogP contribution in [0.4, 0.5) is 11.4 Å². The van der Waals surface area contributed by atoms with Gasteiger partial charge in [0.1, 0.15) is 0 Å². The molecule has 0 saturated heterocycles. The number of nitrogens with two attached hydrogens (primary N) is 2. The molecule has 1 amide bonds. The van der Waals surface area contributed by atoms with Gasteiger partial charge in [0.2, 0.25) is 0 Å². The Kier molecular flexibility index (Phi) is 2.98. The lowest BCUT2D eigenvalue weighted by molar-refractivity contribution is 0.100. The largest absolute Gasteiger partial charge is 0.399 e. The van der Waals surface area contributed by atoms with Crippen molar-refractivity contribution in [1.82, 2.24) is 0 Å². The first-order valence-electron chi connectivity index (χ1n) is 7.59. The van der Waals surface area contributed by atoms with Crippen molar-refractivity contribution in [2.75, 3.05) is 11.1 Å². The van der Waals surface area contributed by atoms with Crippen LogP contribution in [0.15, 0.2) is 60.7 Å². The van der Waals surface area contributed by atoms with Gasteiger partial charge in [0.15, 0.2) is 0 Å². The summed E-state index contributed by atoms with van der Waals surface area (Å²) in [6, 6.07) is 11.7. The molecule has 1 aliphatic heterocycles. The first kappa shape index (κ1) is 13.6. The first-order valence-corrected chi connectivity index (χ1v) is 7.59. The van der Waals surface area contributed by atoms with E-state index in [0.717, 1.165) is 28.1 Å². The Morgan fingerprint density at radius 1 is 1.00 bits per heavy atom. The van der Waals surface area contributed by atoms with E-state index in [2.05, 4.69) is 17.5 Å². The third-order valence-electron chi connectivity index (χ3n) is 4.51. The van der Waals surface area contributed by atoms with Gasteiger partial charge in [-0.05, 0) is 34.9 Å². The van der Waals surface area contributed by atoms with E-state index in [0.29, 0.717) is 5.56 Å². The number of nitrogens with one attached hydrogen (secondary N) is 1. The molecule has 0 bridgehead atoms. The van der Waals surface area contributed by atoms with Crippen LogP contribution in [0.1, 0.15) is 21.8 Å². The van der Waals surface area contributed by atoms with Crippen molar-refractivity contribution in [3.05, 3.63) is 71.8 Å². The minimum atomic E-state index is -0.413. The molecule has 0 saturated carbocycles. The Balaban J connectivity index is 1.94. The zero-order chi connectivity index (χ0) is 16.0. The van der Waals surface area contributed by atoms with Crippen LogP contribution in [0, 0.1) is 0 Å². The van der Waals surface area contributed by atoms with E-state index in [1.165, 1.54) is 0 Å². The number of benzene rings is 2. The number of primary amides is 1. The highest BCUT2D eigenvalue weighted by atomic mass is 16.1. The summed E-state index contributed by atoms with van der Waals surface area (Å²) in [6.07, 6.45) is 8.34. The third kappa shape index (κ3) is 2.11. The van der Waals surface area contributed by atoms with Gasteiger partial charge in [-0.1, -0.05) is 42.5 Å². The molecule has 0 fully saturated rings. The maximum Gasteiger partial charge on any atom is 0.250 e. The van der Waals surface area contributed by atoms with Gasteiger partial charge in [0, 0.05) is 11.6 Å². The van der Waals surface area contributed by atoms with E-state index in [1.807, 2.05) is 42.5 Å². The van der Waals surface area contributed by atoms with Crippen LogP contribution in [-0.4, -0.2) is 11.9 Å². The van der Waals surface area contributed by atoms with Gasteiger partial charge in [-0.25, -0.2) is 0 Å². The number of carbonyl (C=O) groups excluding carboxylic acids is 1. The average molecular weight is 303 g/mol. The molecule has 0 radical (unpaired) electrons. The predicted molar refractivity (Wildman–Crippen MR) is 93.2 cm³/mol. The molecule has 2 atom stereocenters. The van der Waals surface area contributed by atoms with Gasteiger partial charge in [-0.3, -0.25) is 4.79 Å². The fourth-order valence-corrected chi connectivity index (χ4v) is 3.43. The van der Waals surface area contributed by atoms with Crippen molar-refractivity contribution in [2.45, 2.75) is 12.0 Å². The Bertz CT molecular complexity index is 850.